The van der Waals surface area contributed by atoms with Gasteiger partial charge in [0, 0.05) is 37.0 Å². The zero-order valence-electron chi connectivity index (χ0n) is 35.7. The molecule has 0 spiro atoms. The number of hydrogen-bond donors (Lipinski definition) is 3. The Morgan fingerprint density at radius 1 is 0.810 bits per heavy atom. The van der Waals surface area contributed by atoms with Crippen molar-refractivity contribution in [2.24, 2.45) is 16.8 Å². The van der Waals surface area contributed by atoms with Crippen LogP contribution in [0.3, 0.4) is 0 Å². The molecule has 0 bridgehead atoms. The summed E-state index contributed by atoms with van der Waals surface area (Å²) < 4.78 is 9.61. The summed E-state index contributed by atoms with van der Waals surface area (Å²) in [5.74, 6) is -0.387. The Hall–Kier alpha value is -7.27. The maximum absolute atomic E-state index is 14.1. The molecule has 4 aromatic carbocycles. The lowest BCUT2D eigenvalue weighted by atomic mass is 9.95. The summed E-state index contributed by atoms with van der Waals surface area (Å²) >= 11 is 0. The van der Waals surface area contributed by atoms with Crippen LogP contribution < -0.4 is 10.6 Å². The molecule has 0 unspecified atom stereocenters. The first-order valence-electron chi connectivity index (χ1n) is 21.2. The van der Waals surface area contributed by atoms with E-state index < -0.39 is 36.2 Å². The van der Waals surface area contributed by atoms with Gasteiger partial charge in [-0.3, -0.25) is 14.6 Å². The molecule has 5 aromatic rings. The Labute approximate surface area is 366 Å². The fourth-order valence-corrected chi connectivity index (χ4v) is 8.91. The number of nitrogens with zero attached hydrogens (tertiary/aromatic N) is 5. The normalized spacial score (nSPS) is 19.3. The highest BCUT2D eigenvalue weighted by Gasteiger charge is 2.42. The van der Waals surface area contributed by atoms with Crippen molar-refractivity contribution in [2.45, 2.75) is 63.7 Å². The second kappa shape index (κ2) is 18.4. The van der Waals surface area contributed by atoms with Crippen molar-refractivity contribution in [1.29, 1.82) is 5.26 Å². The predicted molar refractivity (Wildman–Crippen MR) is 239 cm³/mol. The van der Waals surface area contributed by atoms with Gasteiger partial charge in [-0.2, -0.15) is 5.26 Å². The molecule has 2 fully saturated rings. The standard InChI is InChI=1S/C49H50N8O6/c1-29(2)43(54-48(60)62-3)46(58)56-20-8-11-41(56)39-24-38(26-51-39)32-14-12-31(13-15-32)34-16-17-36-23-37(19-18-35(36)22-34)40-27-52-45(53-40)42-21-30(25-50)28-57(42)47(59)44(55-49(61)63-4)33-9-6-5-7-10-33/h5-7,9-10,12-19,22-23,26-27,29-30,41-44H,8,11,20-21,24,28H2,1-4H3,(H,52,53)(H,54,60)(H,55,61)/t30-,41+,42+,43+,44-/m1/s1. The van der Waals surface area contributed by atoms with E-state index in [0.29, 0.717) is 30.8 Å². The van der Waals surface area contributed by atoms with Gasteiger partial charge in [0.05, 0.1) is 50.2 Å². The fourth-order valence-electron chi connectivity index (χ4n) is 8.91. The summed E-state index contributed by atoms with van der Waals surface area (Å²) in [5.41, 5.74) is 7.61. The van der Waals surface area contributed by atoms with Crippen LogP contribution in [0.4, 0.5) is 9.59 Å². The molecule has 3 N–H and O–H groups in total. The molecule has 4 amide bonds. The number of allylic oxidation sites excluding steroid dienone is 1. The number of nitriles is 1. The second-order valence-electron chi connectivity index (χ2n) is 16.6. The maximum Gasteiger partial charge on any atom is 0.407 e. The average molecular weight is 847 g/mol. The number of alkyl carbamates (subject to hydrolysis) is 2. The van der Waals surface area contributed by atoms with Gasteiger partial charge >= 0.3 is 12.2 Å². The van der Waals surface area contributed by atoms with E-state index >= 15 is 0 Å². The molecule has 14 nitrogen and oxygen atoms in total. The van der Waals surface area contributed by atoms with Crippen molar-refractivity contribution in [3.05, 3.63) is 120 Å². The van der Waals surface area contributed by atoms with Crippen molar-refractivity contribution in [3.63, 3.8) is 0 Å². The SMILES string of the molecule is COC(=O)N[C@H](C(=O)N1CCC[C@H]1C1=NC=C(c2ccc(-c3ccc4cc(-c5cnc([C@@H]6C[C@H](C#N)CN6C(=O)[C@H](NC(=O)OC)c6ccccc6)[nH]5)ccc4c3)cc2)C1)C(C)C. The number of aliphatic imine (C=N–C) groups is 1. The van der Waals surface area contributed by atoms with E-state index in [1.54, 1.807) is 35.4 Å². The molecule has 63 heavy (non-hydrogen) atoms. The minimum absolute atomic E-state index is 0.0951. The van der Waals surface area contributed by atoms with Crippen LogP contribution >= 0.6 is 0 Å². The number of rotatable bonds is 11. The molecule has 3 aliphatic rings. The first kappa shape index (κ1) is 42.4. The molecule has 2 saturated heterocycles. The van der Waals surface area contributed by atoms with Gasteiger partial charge < -0.3 is 34.9 Å². The number of methoxy groups -OCH3 is 2. The van der Waals surface area contributed by atoms with Crippen LogP contribution in [-0.4, -0.2) is 88.9 Å². The van der Waals surface area contributed by atoms with Crippen molar-refractivity contribution in [3.8, 4) is 28.5 Å². The number of carbonyl (C=O) groups is 4. The molecule has 0 radical (unpaired) electrons. The van der Waals surface area contributed by atoms with E-state index in [2.05, 4.69) is 76.3 Å². The Morgan fingerprint density at radius 3 is 2.17 bits per heavy atom. The Balaban J connectivity index is 0.935. The van der Waals surface area contributed by atoms with E-state index in [0.717, 1.165) is 62.8 Å². The molecular formula is C49H50N8O6. The van der Waals surface area contributed by atoms with E-state index in [-0.39, 0.29) is 30.3 Å². The number of hydrogen-bond acceptors (Lipinski definition) is 9. The molecule has 1 aromatic heterocycles. The van der Waals surface area contributed by atoms with Gasteiger partial charge in [-0.05, 0) is 75.9 Å². The molecule has 5 atom stereocenters. The third-order valence-corrected chi connectivity index (χ3v) is 12.3. The van der Waals surface area contributed by atoms with E-state index in [1.165, 1.54) is 14.2 Å². The van der Waals surface area contributed by atoms with Gasteiger partial charge in [0.1, 0.15) is 17.9 Å². The Bertz CT molecular complexity index is 2630. The predicted octanol–water partition coefficient (Wildman–Crippen LogP) is 7.96. The van der Waals surface area contributed by atoms with Crippen molar-refractivity contribution < 1.29 is 28.7 Å². The lowest BCUT2D eigenvalue weighted by Gasteiger charge is -2.31. The number of fused-ring (bicyclic) bond motifs is 1. The number of H-pyrrole nitrogens is 1. The highest BCUT2D eigenvalue weighted by atomic mass is 16.5. The largest absolute Gasteiger partial charge is 0.453 e. The molecule has 4 heterocycles. The summed E-state index contributed by atoms with van der Waals surface area (Å²) in [6.07, 6.45) is 5.08. The number of aromatic amines is 1. The van der Waals surface area contributed by atoms with E-state index in [4.69, 9.17) is 19.5 Å². The van der Waals surface area contributed by atoms with Crippen molar-refractivity contribution >= 4 is 46.1 Å². The zero-order valence-corrected chi connectivity index (χ0v) is 35.7. The highest BCUT2D eigenvalue weighted by Crippen LogP contribution is 2.38. The first-order valence-corrected chi connectivity index (χ1v) is 21.2. The Kier molecular flexibility index (Phi) is 12.4. The Morgan fingerprint density at radius 2 is 1.48 bits per heavy atom. The lowest BCUT2D eigenvalue weighted by Crippen LogP contribution is -2.53. The van der Waals surface area contributed by atoms with Crippen molar-refractivity contribution in [1.82, 2.24) is 30.4 Å². The first-order chi connectivity index (χ1) is 30.5. The van der Waals surface area contributed by atoms with Crippen LogP contribution in [0.1, 0.15) is 68.6 Å². The van der Waals surface area contributed by atoms with E-state index in [1.807, 2.05) is 37.1 Å². The maximum atomic E-state index is 14.1. The van der Waals surface area contributed by atoms with Gasteiger partial charge in [-0.15, -0.1) is 0 Å². The van der Waals surface area contributed by atoms with Crippen LogP contribution in [-0.2, 0) is 19.1 Å². The van der Waals surface area contributed by atoms with Crippen LogP contribution in [0.2, 0.25) is 0 Å². The molecule has 3 aliphatic heterocycles. The number of aromatic nitrogens is 2. The number of benzene rings is 4. The zero-order chi connectivity index (χ0) is 44.2. The van der Waals surface area contributed by atoms with Gasteiger partial charge in [0.2, 0.25) is 5.91 Å². The number of ether oxygens (including phenoxy) is 2. The van der Waals surface area contributed by atoms with E-state index in [9.17, 15) is 24.4 Å². The third kappa shape index (κ3) is 8.90. The number of imidazole rings is 1. The number of likely N-dealkylation sites (tertiary alicyclic amines) is 2. The molecule has 322 valence electrons. The molecule has 0 aliphatic carbocycles. The summed E-state index contributed by atoms with van der Waals surface area (Å²) in [6, 6.07) is 30.1. The van der Waals surface area contributed by atoms with Gasteiger partial charge in [-0.1, -0.05) is 92.7 Å². The molecule has 14 heteroatoms. The average Bonchev–Trinajstić information content (AvgIpc) is 4.16. The summed E-state index contributed by atoms with van der Waals surface area (Å²) in [4.78, 5) is 68.4. The molecular weight excluding hydrogens is 797 g/mol. The minimum atomic E-state index is -1.000. The summed E-state index contributed by atoms with van der Waals surface area (Å²) in [5, 5.41) is 17.4. The summed E-state index contributed by atoms with van der Waals surface area (Å²) in [7, 11) is 2.54. The third-order valence-electron chi connectivity index (χ3n) is 12.3. The monoisotopic (exact) mass is 846 g/mol. The van der Waals surface area contributed by atoms with Crippen LogP contribution in [0.25, 0.3) is 38.7 Å². The quantitative estimate of drug-likeness (QED) is 0.120. The van der Waals surface area contributed by atoms with Crippen molar-refractivity contribution in [2.75, 3.05) is 27.3 Å². The highest BCUT2D eigenvalue weighted by molar-refractivity contribution is 6.04. The van der Waals surface area contributed by atoms with Gasteiger partial charge in [0.15, 0.2) is 0 Å². The van der Waals surface area contributed by atoms with Crippen LogP contribution in [0.5, 0.6) is 0 Å². The van der Waals surface area contributed by atoms with Gasteiger partial charge in [0.25, 0.3) is 5.91 Å². The minimum Gasteiger partial charge on any atom is -0.453 e. The summed E-state index contributed by atoms with van der Waals surface area (Å²) in [6.45, 7) is 4.65. The molecule has 8 rings (SSSR count). The number of carbonyl (C=O) groups excluding carboxylic acids is 4. The lowest BCUT2D eigenvalue weighted by molar-refractivity contribution is -0.135. The topological polar surface area (TPSA) is 182 Å². The second-order valence-corrected chi connectivity index (χ2v) is 16.6. The smallest absolute Gasteiger partial charge is 0.407 e. The number of amides is 4. The van der Waals surface area contributed by atoms with Crippen LogP contribution in [0.15, 0.2) is 108 Å². The fraction of sp³-hybridized carbons (Fsp3) is 0.327. The van der Waals surface area contributed by atoms with Gasteiger partial charge in [-0.25, -0.2) is 14.6 Å². The molecule has 0 saturated carbocycles. The number of nitrogens with one attached hydrogen (secondary N) is 3. The van der Waals surface area contributed by atoms with Crippen LogP contribution in [0, 0.1) is 23.2 Å².